The van der Waals surface area contributed by atoms with Gasteiger partial charge in [-0.2, -0.15) is 18.4 Å². The molecule has 3 nitrogen and oxygen atoms in total. The summed E-state index contributed by atoms with van der Waals surface area (Å²) in [4.78, 5) is 3.57. The molecule has 0 radical (unpaired) electrons. The zero-order valence-electron chi connectivity index (χ0n) is 8.54. The fraction of sp³-hybridized carbons (Fsp3) is 0.400. The molecule has 2 rings (SSSR count). The van der Waals surface area contributed by atoms with E-state index in [1.807, 2.05) is 7.05 Å². The molecule has 0 aromatic carbocycles. The Kier molecular flexibility index (Phi) is 2.17. The van der Waals surface area contributed by atoms with E-state index >= 15 is 0 Å². The molecule has 0 aliphatic carbocycles. The Morgan fingerprint density at radius 1 is 1.44 bits per heavy atom. The number of nitrogens with zero attached hydrogens (tertiary/aromatic N) is 3. The van der Waals surface area contributed by atoms with E-state index in [9.17, 15) is 13.2 Å². The molecule has 0 bridgehead atoms. The number of alkyl halides is 3. The lowest BCUT2D eigenvalue weighted by Gasteiger charge is -2.13. The number of rotatable bonds is 1. The summed E-state index contributed by atoms with van der Waals surface area (Å²) in [5.41, 5.74) is -1.00. The van der Waals surface area contributed by atoms with Crippen molar-refractivity contribution < 1.29 is 13.2 Å². The van der Waals surface area contributed by atoms with Crippen molar-refractivity contribution in [3.63, 3.8) is 0 Å². The Labute approximate surface area is 90.3 Å². The van der Waals surface area contributed by atoms with Crippen LogP contribution in [0.25, 0.3) is 0 Å². The summed E-state index contributed by atoms with van der Waals surface area (Å²) >= 11 is 0. The molecule has 1 aliphatic rings. The van der Waals surface area contributed by atoms with Gasteiger partial charge in [-0.15, -0.1) is 0 Å². The Morgan fingerprint density at radius 3 is 2.50 bits per heavy atom. The quantitative estimate of drug-likeness (QED) is 0.544. The largest absolute Gasteiger partial charge is 0.419 e. The van der Waals surface area contributed by atoms with Crippen molar-refractivity contribution in [2.45, 2.75) is 6.18 Å². The van der Waals surface area contributed by atoms with E-state index in [4.69, 9.17) is 5.26 Å². The van der Waals surface area contributed by atoms with Crippen LogP contribution in [0.1, 0.15) is 11.3 Å². The summed E-state index contributed by atoms with van der Waals surface area (Å²) in [7, 11) is 1.84. The standard InChI is InChI=1S/C10H9F3N3/c1-16(2-3-16)7-4-8(10(11,12)13)9(5-14)15-6-7/h4,6H,2-3H2,1H3/q+1. The second-order valence-electron chi connectivity index (χ2n) is 4.04. The maximum atomic E-state index is 12.6. The number of aromatic nitrogens is 1. The van der Waals surface area contributed by atoms with E-state index in [1.54, 1.807) is 0 Å². The third kappa shape index (κ3) is 1.74. The van der Waals surface area contributed by atoms with Crippen LogP contribution in [-0.4, -0.2) is 25.1 Å². The van der Waals surface area contributed by atoms with Crippen LogP contribution >= 0.6 is 0 Å². The Morgan fingerprint density at radius 2 is 2.06 bits per heavy atom. The smallest absolute Gasteiger partial charge is 0.283 e. The van der Waals surface area contributed by atoms with E-state index in [-0.39, 0.29) is 0 Å². The molecular weight excluding hydrogens is 219 g/mol. The van der Waals surface area contributed by atoms with E-state index in [0.29, 0.717) is 10.2 Å². The van der Waals surface area contributed by atoms with Gasteiger partial charge in [0.05, 0.1) is 18.8 Å². The fourth-order valence-corrected chi connectivity index (χ4v) is 1.46. The fourth-order valence-electron chi connectivity index (χ4n) is 1.46. The topological polar surface area (TPSA) is 36.7 Å². The molecule has 1 fully saturated rings. The molecule has 16 heavy (non-hydrogen) atoms. The highest BCUT2D eigenvalue weighted by atomic mass is 19.4. The molecule has 0 atom stereocenters. The third-order valence-electron chi connectivity index (χ3n) is 2.80. The minimum Gasteiger partial charge on any atom is -0.283 e. The van der Waals surface area contributed by atoms with E-state index in [0.717, 1.165) is 19.2 Å². The monoisotopic (exact) mass is 228 g/mol. The highest BCUT2D eigenvalue weighted by Crippen LogP contribution is 2.36. The summed E-state index contributed by atoms with van der Waals surface area (Å²) < 4.78 is 38.3. The molecule has 1 aliphatic heterocycles. The lowest BCUT2D eigenvalue weighted by molar-refractivity contribution is -0.138. The van der Waals surface area contributed by atoms with Crippen LogP contribution in [0.2, 0.25) is 0 Å². The zero-order chi connectivity index (χ0) is 12.0. The molecule has 1 aromatic rings. The molecular formula is C10H9F3N3+. The van der Waals surface area contributed by atoms with Crippen LogP contribution in [0.4, 0.5) is 18.9 Å². The van der Waals surface area contributed by atoms with Crippen LogP contribution in [0.15, 0.2) is 12.3 Å². The van der Waals surface area contributed by atoms with Crippen molar-refractivity contribution in [1.29, 1.82) is 5.26 Å². The summed E-state index contributed by atoms with van der Waals surface area (Å²) in [5.74, 6) is 0. The van der Waals surface area contributed by atoms with Crippen molar-refractivity contribution in [2.75, 3.05) is 20.1 Å². The SMILES string of the molecule is C[N+]1(c2cnc(C#N)c(C(F)(F)F)c2)CC1. The number of halogens is 3. The first-order valence-corrected chi connectivity index (χ1v) is 4.69. The van der Waals surface area contributed by atoms with Gasteiger partial charge >= 0.3 is 6.18 Å². The number of hydrogen-bond donors (Lipinski definition) is 0. The second-order valence-corrected chi connectivity index (χ2v) is 4.04. The minimum absolute atomic E-state index is 0.460. The van der Waals surface area contributed by atoms with Crippen molar-refractivity contribution in [1.82, 2.24) is 9.47 Å². The van der Waals surface area contributed by atoms with Crippen LogP contribution in [0.3, 0.4) is 0 Å². The molecule has 6 heteroatoms. The van der Waals surface area contributed by atoms with E-state index < -0.39 is 17.4 Å². The third-order valence-corrected chi connectivity index (χ3v) is 2.80. The predicted octanol–water partition coefficient (Wildman–Crippen LogP) is 1.92. The summed E-state index contributed by atoms with van der Waals surface area (Å²) in [5, 5.41) is 8.57. The molecule has 0 unspecified atom stereocenters. The molecule has 0 N–H and O–H groups in total. The first kappa shape index (κ1) is 10.9. The Bertz CT molecular complexity index is 469. The highest BCUT2D eigenvalue weighted by Gasteiger charge is 2.43. The number of pyridine rings is 1. The highest BCUT2D eigenvalue weighted by molar-refractivity contribution is 5.50. The van der Waals surface area contributed by atoms with E-state index in [2.05, 4.69) is 4.98 Å². The van der Waals surface area contributed by atoms with Crippen molar-refractivity contribution in [3.05, 3.63) is 23.5 Å². The Balaban J connectivity index is 2.53. The van der Waals surface area contributed by atoms with Gasteiger partial charge < -0.3 is 0 Å². The van der Waals surface area contributed by atoms with Crippen molar-refractivity contribution in [2.24, 2.45) is 0 Å². The first-order valence-electron chi connectivity index (χ1n) is 4.69. The maximum absolute atomic E-state index is 12.6. The molecule has 0 saturated carbocycles. The normalized spacial score (nSPS) is 17.9. The summed E-state index contributed by atoms with van der Waals surface area (Å²) in [6.07, 6.45) is -3.18. The van der Waals surface area contributed by atoms with Gasteiger partial charge in [0.15, 0.2) is 11.4 Å². The van der Waals surface area contributed by atoms with Gasteiger partial charge in [0.1, 0.15) is 19.2 Å². The number of nitriles is 1. The first-order chi connectivity index (χ1) is 7.37. The lowest BCUT2D eigenvalue weighted by atomic mass is 10.2. The average Bonchev–Trinajstić information content (AvgIpc) is 2.95. The van der Waals surface area contributed by atoms with Gasteiger partial charge in [0.25, 0.3) is 0 Å². The van der Waals surface area contributed by atoms with Gasteiger partial charge in [-0.05, 0) is 0 Å². The van der Waals surface area contributed by atoms with Crippen LogP contribution in [0.5, 0.6) is 0 Å². The lowest BCUT2D eigenvalue weighted by Crippen LogP contribution is -2.20. The second kappa shape index (κ2) is 3.19. The van der Waals surface area contributed by atoms with Gasteiger partial charge in [0.2, 0.25) is 0 Å². The molecule has 1 saturated heterocycles. The van der Waals surface area contributed by atoms with Crippen LogP contribution in [-0.2, 0) is 6.18 Å². The predicted molar refractivity (Wildman–Crippen MR) is 51.4 cm³/mol. The number of likely N-dealkylation sites (N-methyl/N-ethyl adjacent to an activating group) is 1. The molecule has 0 amide bonds. The summed E-state index contributed by atoms with van der Waals surface area (Å²) in [6.45, 7) is 1.62. The number of quaternary nitrogens is 1. The molecule has 1 aromatic heterocycles. The van der Waals surface area contributed by atoms with Crippen LogP contribution in [0, 0.1) is 11.3 Å². The van der Waals surface area contributed by atoms with Gasteiger partial charge in [-0.3, -0.25) is 4.48 Å². The Hall–Kier alpha value is -1.61. The molecule has 0 spiro atoms. The van der Waals surface area contributed by atoms with E-state index in [1.165, 1.54) is 12.3 Å². The van der Waals surface area contributed by atoms with Gasteiger partial charge in [0, 0.05) is 6.07 Å². The molecule has 2 heterocycles. The minimum atomic E-state index is -4.52. The van der Waals surface area contributed by atoms with Crippen molar-refractivity contribution >= 4 is 5.69 Å². The van der Waals surface area contributed by atoms with Gasteiger partial charge in [-0.1, -0.05) is 0 Å². The maximum Gasteiger partial charge on any atom is 0.419 e. The average molecular weight is 228 g/mol. The summed E-state index contributed by atoms with van der Waals surface area (Å²) in [6, 6.07) is 2.49. The van der Waals surface area contributed by atoms with Gasteiger partial charge in [-0.25, -0.2) is 4.98 Å². The number of hydrogen-bond acceptors (Lipinski definition) is 2. The molecule has 84 valence electrons. The van der Waals surface area contributed by atoms with Crippen molar-refractivity contribution in [3.8, 4) is 6.07 Å². The zero-order valence-corrected chi connectivity index (χ0v) is 8.54. The van der Waals surface area contributed by atoms with Crippen LogP contribution < -0.4 is 4.48 Å².